The fraction of sp³-hybridized carbons (Fsp3) is 0.829. The van der Waals surface area contributed by atoms with Crippen LogP contribution in [0, 0.1) is 50.2 Å². The summed E-state index contributed by atoms with van der Waals surface area (Å²) in [6.45, 7) is 15.5. The molecule has 4 fully saturated rings. The van der Waals surface area contributed by atoms with Gasteiger partial charge in [0.15, 0.2) is 5.78 Å². The van der Waals surface area contributed by atoms with Gasteiger partial charge in [-0.1, -0.05) is 47.1 Å². The maximum atomic E-state index is 14.5. The average Bonchev–Trinajstić information content (AvgIpc) is 2.93. The smallest absolute Gasteiger partial charge is 0.346 e. The van der Waals surface area contributed by atoms with E-state index in [4.69, 9.17) is 14.2 Å². The monoisotopic (exact) mass is 600 g/mol. The summed E-state index contributed by atoms with van der Waals surface area (Å²) in [6, 6.07) is 0. The van der Waals surface area contributed by atoms with Crippen LogP contribution in [0.5, 0.6) is 0 Å². The zero-order chi connectivity index (χ0) is 32.0. The SMILES string of the molecule is COC(=O)C(O[C@H]1CC[C@]2(C)[C@H]3C(=O)C=C4[C@@H]5C[C@@](C)(C(=O)O)CC[C@]5(C)CC[C@@]4(C)[C@]3(C)CC[C@H]2C1(C)C)C(=O)OC. The Kier molecular flexibility index (Phi) is 7.59. The lowest BCUT2D eigenvalue weighted by atomic mass is 9.33. The summed E-state index contributed by atoms with van der Waals surface area (Å²) in [5.74, 6) is -2.05. The Labute approximate surface area is 256 Å². The molecule has 5 rings (SSSR count). The van der Waals surface area contributed by atoms with Crippen molar-refractivity contribution in [3.63, 3.8) is 0 Å². The molecule has 0 aliphatic heterocycles. The average molecular weight is 601 g/mol. The Morgan fingerprint density at radius 3 is 2.05 bits per heavy atom. The minimum Gasteiger partial charge on any atom is -0.481 e. The van der Waals surface area contributed by atoms with Crippen LogP contribution in [0.25, 0.3) is 0 Å². The molecule has 8 heteroatoms. The van der Waals surface area contributed by atoms with Crippen molar-refractivity contribution < 1.29 is 38.5 Å². The van der Waals surface area contributed by atoms with Gasteiger partial charge >= 0.3 is 17.9 Å². The van der Waals surface area contributed by atoms with Crippen molar-refractivity contribution in [2.75, 3.05) is 14.2 Å². The van der Waals surface area contributed by atoms with Crippen LogP contribution >= 0.6 is 0 Å². The molecule has 0 spiro atoms. The van der Waals surface area contributed by atoms with Crippen molar-refractivity contribution in [3.8, 4) is 0 Å². The van der Waals surface area contributed by atoms with Gasteiger partial charge in [-0.15, -0.1) is 0 Å². The summed E-state index contributed by atoms with van der Waals surface area (Å²) in [6.07, 6.45) is 7.46. The van der Waals surface area contributed by atoms with Crippen LogP contribution in [0.1, 0.15) is 106 Å². The first-order valence-corrected chi connectivity index (χ1v) is 16.1. The van der Waals surface area contributed by atoms with Crippen LogP contribution in [-0.2, 0) is 33.4 Å². The molecule has 0 radical (unpaired) electrons. The number of ketones is 1. The number of carbonyl (C=O) groups excluding carboxylic acids is 3. The Bertz CT molecular complexity index is 1240. The highest BCUT2D eigenvalue weighted by atomic mass is 16.6. The van der Waals surface area contributed by atoms with E-state index in [1.807, 2.05) is 13.0 Å². The van der Waals surface area contributed by atoms with Gasteiger partial charge in [-0.2, -0.15) is 0 Å². The number of carboxylic acids is 1. The minimum atomic E-state index is -1.44. The zero-order valence-corrected chi connectivity index (χ0v) is 27.6. The molecule has 240 valence electrons. The standard InChI is InChI=1S/C35H52O8/c1-30(2)23-10-13-35(7)26(33(23,5)12-11-24(30)43-25(27(37)41-8)28(38)42-9)22(36)18-20-21-19-32(4,29(39)40)15-14-31(21,3)16-17-34(20,35)6/h18,21,23-26H,10-17,19H2,1-9H3,(H,39,40)/t21-,23-,24-,26+,31+,32-,33-,34+,35+/m0/s1. The number of allylic oxidation sites excluding steroid dienone is 2. The molecule has 9 atom stereocenters. The molecule has 0 aromatic carbocycles. The third-order valence-corrected chi connectivity index (χ3v) is 14.2. The van der Waals surface area contributed by atoms with Gasteiger partial charge in [0, 0.05) is 5.92 Å². The number of aliphatic carboxylic acids is 1. The molecule has 5 aliphatic carbocycles. The van der Waals surface area contributed by atoms with Gasteiger partial charge in [-0.3, -0.25) is 9.59 Å². The van der Waals surface area contributed by atoms with Gasteiger partial charge in [0.05, 0.1) is 25.7 Å². The normalized spacial score (nSPS) is 45.1. The number of methoxy groups -OCH3 is 2. The van der Waals surface area contributed by atoms with Crippen molar-refractivity contribution in [1.29, 1.82) is 0 Å². The Hall–Kier alpha value is -2.22. The highest BCUT2D eigenvalue weighted by Crippen LogP contribution is 2.75. The molecule has 0 unspecified atom stereocenters. The summed E-state index contributed by atoms with van der Waals surface area (Å²) < 4.78 is 15.9. The lowest BCUT2D eigenvalue weighted by molar-refractivity contribution is -0.220. The molecule has 1 N–H and O–H groups in total. The first-order valence-electron chi connectivity index (χ1n) is 16.1. The molecule has 0 heterocycles. The third-order valence-electron chi connectivity index (χ3n) is 14.2. The fourth-order valence-corrected chi connectivity index (χ4v) is 11.2. The first kappa shape index (κ1) is 32.2. The second kappa shape index (κ2) is 10.1. The lowest BCUT2D eigenvalue weighted by Crippen LogP contribution is -2.67. The number of esters is 2. The number of carbonyl (C=O) groups is 4. The molecule has 0 aromatic heterocycles. The molecule has 0 bridgehead atoms. The van der Waals surface area contributed by atoms with Crippen LogP contribution in [0.3, 0.4) is 0 Å². The zero-order valence-electron chi connectivity index (χ0n) is 27.6. The van der Waals surface area contributed by atoms with E-state index in [2.05, 4.69) is 41.5 Å². The van der Waals surface area contributed by atoms with Crippen molar-refractivity contribution >= 4 is 23.7 Å². The summed E-state index contributed by atoms with van der Waals surface area (Å²) in [5.41, 5.74) is -0.735. The Morgan fingerprint density at radius 2 is 1.47 bits per heavy atom. The van der Waals surface area contributed by atoms with Gasteiger partial charge in [0.25, 0.3) is 6.10 Å². The molecular weight excluding hydrogens is 548 g/mol. The Balaban J connectivity index is 1.51. The van der Waals surface area contributed by atoms with Crippen molar-refractivity contribution in [2.24, 2.45) is 50.2 Å². The maximum absolute atomic E-state index is 14.5. The summed E-state index contributed by atoms with van der Waals surface area (Å²) >= 11 is 0. The molecule has 0 amide bonds. The maximum Gasteiger partial charge on any atom is 0.346 e. The van der Waals surface area contributed by atoms with Crippen LogP contribution in [-0.4, -0.2) is 55.2 Å². The van der Waals surface area contributed by atoms with Crippen LogP contribution in [0.15, 0.2) is 11.6 Å². The quantitative estimate of drug-likeness (QED) is 0.295. The molecule has 0 aromatic rings. The van der Waals surface area contributed by atoms with Crippen LogP contribution < -0.4 is 0 Å². The third kappa shape index (κ3) is 4.39. The molecule has 0 saturated heterocycles. The molecular formula is C35H52O8. The van der Waals surface area contributed by atoms with Crippen LogP contribution in [0.4, 0.5) is 0 Å². The number of hydrogen-bond donors (Lipinski definition) is 1. The number of carboxylic acid groups (broad SMARTS) is 1. The van der Waals surface area contributed by atoms with Crippen molar-refractivity contribution in [3.05, 3.63) is 11.6 Å². The van der Waals surface area contributed by atoms with Crippen molar-refractivity contribution in [2.45, 2.75) is 118 Å². The molecule has 5 aliphatic rings. The summed E-state index contributed by atoms with van der Waals surface area (Å²) in [5, 5.41) is 10.2. The second-order valence-electron chi connectivity index (χ2n) is 16.5. The molecule has 43 heavy (non-hydrogen) atoms. The summed E-state index contributed by atoms with van der Waals surface area (Å²) in [4.78, 5) is 51.8. The van der Waals surface area contributed by atoms with Gasteiger partial charge in [0.1, 0.15) is 0 Å². The molecule has 8 nitrogen and oxygen atoms in total. The second-order valence-corrected chi connectivity index (χ2v) is 16.5. The lowest BCUT2D eigenvalue weighted by Gasteiger charge is -2.70. The van der Waals surface area contributed by atoms with Gasteiger partial charge < -0.3 is 19.3 Å². The first-order chi connectivity index (χ1) is 19.8. The number of hydrogen-bond acceptors (Lipinski definition) is 7. The fourth-order valence-electron chi connectivity index (χ4n) is 11.2. The predicted octanol–water partition coefficient (Wildman–Crippen LogP) is 6.15. The van der Waals surface area contributed by atoms with E-state index in [1.165, 1.54) is 19.8 Å². The van der Waals surface area contributed by atoms with Crippen LogP contribution in [0.2, 0.25) is 0 Å². The molecule has 4 saturated carbocycles. The van der Waals surface area contributed by atoms with Gasteiger partial charge in [0.2, 0.25) is 0 Å². The minimum absolute atomic E-state index is 0.0120. The van der Waals surface area contributed by atoms with E-state index in [0.29, 0.717) is 19.3 Å². The van der Waals surface area contributed by atoms with E-state index >= 15 is 0 Å². The van der Waals surface area contributed by atoms with Crippen molar-refractivity contribution in [1.82, 2.24) is 0 Å². The summed E-state index contributed by atoms with van der Waals surface area (Å²) in [7, 11) is 2.46. The van der Waals surface area contributed by atoms with Gasteiger partial charge in [-0.05, 0) is 110 Å². The topological polar surface area (TPSA) is 116 Å². The highest BCUT2D eigenvalue weighted by Gasteiger charge is 2.70. The predicted molar refractivity (Wildman–Crippen MR) is 160 cm³/mol. The number of ether oxygens (including phenoxy) is 3. The van der Waals surface area contributed by atoms with E-state index in [1.54, 1.807) is 0 Å². The van der Waals surface area contributed by atoms with E-state index in [0.717, 1.165) is 38.5 Å². The largest absolute Gasteiger partial charge is 0.481 e. The number of rotatable bonds is 5. The highest BCUT2D eigenvalue weighted by molar-refractivity contribution is 5.98. The Morgan fingerprint density at radius 1 is 0.860 bits per heavy atom. The van der Waals surface area contributed by atoms with E-state index in [9.17, 15) is 24.3 Å². The van der Waals surface area contributed by atoms with E-state index < -0.39 is 34.8 Å². The van der Waals surface area contributed by atoms with Gasteiger partial charge in [-0.25, -0.2) is 9.59 Å². The van der Waals surface area contributed by atoms with E-state index in [-0.39, 0.29) is 51.3 Å². The number of fused-ring (bicyclic) bond motifs is 7.